The molecular formula is C13H13F3N2O2. The van der Waals surface area contributed by atoms with Crippen molar-refractivity contribution in [1.29, 1.82) is 5.26 Å². The van der Waals surface area contributed by atoms with Crippen molar-refractivity contribution in [3.05, 3.63) is 29.8 Å². The Balaban J connectivity index is 2.69. The Bertz CT molecular complexity index is 509. The van der Waals surface area contributed by atoms with Crippen molar-refractivity contribution >= 4 is 5.91 Å². The minimum Gasteiger partial charge on any atom is -0.406 e. The van der Waals surface area contributed by atoms with Crippen molar-refractivity contribution in [1.82, 2.24) is 4.90 Å². The summed E-state index contributed by atoms with van der Waals surface area (Å²) in [5, 5.41) is 8.45. The van der Waals surface area contributed by atoms with Crippen LogP contribution in [0.15, 0.2) is 24.3 Å². The van der Waals surface area contributed by atoms with Crippen LogP contribution in [-0.2, 0) is 11.2 Å². The maximum atomic E-state index is 12.2. The molecule has 0 N–H and O–H groups in total. The number of hydrogen-bond acceptors (Lipinski definition) is 3. The topological polar surface area (TPSA) is 53.3 Å². The lowest BCUT2D eigenvalue weighted by Crippen LogP contribution is -2.27. The van der Waals surface area contributed by atoms with Gasteiger partial charge in [-0.05, 0) is 18.1 Å². The number of nitriles is 1. The van der Waals surface area contributed by atoms with E-state index in [0.717, 1.165) is 0 Å². The molecule has 7 heteroatoms. The molecule has 0 bridgehead atoms. The number of carbonyl (C=O) groups is 1. The standard InChI is InChI=1S/C13H13F3N2O2/c1-18(9-8-17)12(19)7-6-10-4-2-3-5-11(10)20-13(14,15)16/h2-5H,6-7,9H2,1H3. The molecule has 1 rings (SSSR count). The van der Waals surface area contributed by atoms with Gasteiger partial charge in [-0.1, -0.05) is 18.2 Å². The first kappa shape index (κ1) is 15.8. The molecule has 0 aromatic heterocycles. The highest BCUT2D eigenvalue weighted by molar-refractivity contribution is 5.76. The number of ether oxygens (including phenoxy) is 1. The Labute approximate surface area is 114 Å². The Morgan fingerprint density at radius 2 is 2.05 bits per heavy atom. The van der Waals surface area contributed by atoms with Gasteiger partial charge in [-0.2, -0.15) is 5.26 Å². The van der Waals surface area contributed by atoms with Gasteiger partial charge in [0.05, 0.1) is 6.07 Å². The summed E-state index contributed by atoms with van der Waals surface area (Å²) in [6.45, 7) is -0.0560. The first-order valence-corrected chi connectivity index (χ1v) is 5.78. The van der Waals surface area contributed by atoms with Crippen LogP contribution in [0, 0.1) is 11.3 Å². The summed E-state index contributed by atoms with van der Waals surface area (Å²) < 4.78 is 40.5. The molecule has 0 saturated carbocycles. The highest BCUT2D eigenvalue weighted by Crippen LogP contribution is 2.27. The Kier molecular flexibility index (Phi) is 5.38. The molecule has 20 heavy (non-hydrogen) atoms. The van der Waals surface area contributed by atoms with Gasteiger partial charge in [0.2, 0.25) is 5.91 Å². The summed E-state index contributed by atoms with van der Waals surface area (Å²) >= 11 is 0. The summed E-state index contributed by atoms with van der Waals surface area (Å²) in [5.41, 5.74) is 0.295. The molecule has 0 heterocycles. The number of halogens is 3. The average molecular weight is 286 g/mol. The van der Waals surface area contributed by atoms with Crippen LogP contribution in [-0.4, -0.2) is 30.8 Å². The molecule has 1 aromatic carbocycles. The first-order chi connectivity index (χ1) is 9.33. The Hall–Kier alpha value is -2.23. The summed E-state index contributed by atoms with van der Waals surface area (Å²) in [6.07, 6.45) is -4.64. The van der Waals surface area contributed by atoms with Crippen molar-refractivity contribution in [2.45, 2.75) is 19.2 Å². The third-order valence-electron chi connectivity index (χ3n) is 2.54. The second kappa shape index (κ2) is 6.80. The predicted molar refractivity (Wildman–Crippen MR) is 64.7 cm³/mol. The molecule has 0 aliphatic carbocycles. The molecule has 0 atom stereocenters. The summed E-state index contributed by atoms with van der Waals surface area (Å²) in [7, 11) is 1.46. The predicted octanol–water partition coefficient (Wildman–Crippen LogP) is 2.50. The Morgan fingerprint density at radius 1 is 1.40 bits per heavy atom. The molecule has 0 spiro atoms. The monoisotopic (exact) mass is 286 g/mol. The van der Waals surface area contributed by atoms with Crippen molar-refractivity contribution < 1.29 is 22.7 Å². The molecule has 0 saturated heterocycles. The van der Waals surface area contributed by atoms with Gasteiger partial charge in [-0.15, -0.1) is 13.2 Å². The Morgan fingerprint density at radius 3 is 2.65 bits per heavy atom. The maximum absolute atomic E-state index is 12.2. The fourth-order valence-electron chi connectivity index (χ4n) is 1.56. The van der Waals surface area contributed by atoms with Gasteiger partial charge in [-0.25, -0.2) is 0 Å². The van der Waals surface area contributed by atoms with Gasteiger partial charge < -0.3 is 9.64 Å². The zero-order valence-electron chi connectivity index (χ0n) is 10.8. The van der Waals surface area contributed by atoms with Crippen LogP contribution in [0.4, 0.5) is 13.2 Å². The second-order valence-electron chi connectivity index (χ2n) is 4.06. The van der Waals surface area contributed by atoms with Crippen LogP contribution in [0.25, 0.3) is 0 Å². The van der Waals surface area contributed by atoms with Gasteiger partial charge in [0.25, 0.3) is 0 Å². The summed E-state index contributed by atoms with van der Waals surface area (Å²) in [4.78, 5) is 12.8. The minimum atomic E-state index is -4.77. The summed E-state index contributed by atoms with van der Waals surface area (Å²) in [5.74, 6) is -0.621. The van der Waals surface area contributed by atoms with E-state index in [1.165, 1.54) is 30.1 Å². The number of amides is 1. The number of para-hydroxylation sites is 1. The molecule has 1 aromatic rings. The fourth-order valence-corrected chi connectivity index (χ4v) is 1.56. The van der Waals surface area contributed by atoms with Crippen LogP contribution in [0.1, 0.15) is 12.0 Å². The van der Waals surface area contributed by atoms with Gasteiger partial charge in [0, 0.05) is 13.5 Å². The largest absolute Gasteiger partial charge is 0.573 e. The smallest absolute Gasteiger partial charge is 0.406 e. The van der Waals surface area contributed by atoms with Crippen molar-refractivity contribution in [2.75, 3.05) is 13.6 Å². The molecule has 4 nitrogen and oxygen atoms in total. The van der Waals surface area contributed by atoms with E-state index >= 15 is 0 Å². The lowest BCUT2D eigenvalue weighted by atomic mass is 10.1. The van der Waals surface area contributed by atoms with E-state index in [1.54, 1.807) is 6.07 Å². The first-order valence-electron chi connectivity index (χ1n) is 5.78. The van der Waals surface area contributed by atoms with Crippen molar-refractivity contribution in [3.63, 3.8) is 0 Å². The molecule has 0 aliphatic heterocycles. The molecule has 1 amide bonds. The van der Waals surface area contributed by atoms with E-state index in [-0.39, 0.29) is 31.0 Å². The SMILES string of the molecule is CN(CC#N)C(=O)CCc1ccccc1OC(F)(F)F. The summed E-state index contributed by atoms with van der Waals surface area (Å²) in [6, 6.07) is 7.49. The van der Waals surface area contributed by atoms with Crippen molar-refractivity contribution in [3.8, 4) is 11.8 Å². The van der Waals surface area contributed by atoms with E-state index in [2.05, 4.69) is 4.74 Å². The van der Waals surface area contributed by atoms with E-state index in [0.29, 0.717) is 5.56 Å². The van der Waals surface area contributed by atoms with E-state index in [4.69, 9.17) is 5.26 Å². The van der Waals surface area contributed by atoms with Crippen molar-refractivity contribution in [2.24, 2.45) is 0 Å². The third-order valence-corrected chi connectivity index (χ3v) is 2.54. The van der Waals surface area contributed by atoms with Crippen LogP contribution in [0.5, 0.6) is 5.75 Å². The van der Waals surface area contributed by atoms with Crippen LogP contribution in [0.2, 0.25) is 0 Å². The number of hydrogen-bond donors (Lipinski definition) is 0. The molecule has 108 valence electrons. The highest BCUT2D eigenvalue weighted by Gasteiger charge is 2.31. The van der Waals surface area contributed by atoms with E-state index in [1.807, 2.05) is 6.07 Å². The van der Waals surface area contributed by atoms with Gasteiger partial charge >= 0.3 is 6.36 Å². The molecule has 0 radical (unpaired) electrons. The van der Waals surface area contributed by atoms with Crippen LogP contribution < -0.4 is 4.74 Å². The number of benzene rings is 1. The maximum Gasteiger partial charge on any atom is 0.573 e. The zero-order chi connectivity index (χ0) is 15.2. The lowest BCUT2D eigenvalue weighted by Gasteiger charge is -2.15. The lowest BCUT2D eigenvalue weighted by molar-refractivity contribution is -0.274. The van der Waals surface area contributed by atoms with E-state index in [9.17, 15) is 18.0 Å². The molecule has 0 unspecified atom stereocenters. The van der Waals surface area contributed by atoms with Gasteiger partial charge in [0.15, 0.2) is 0 Å². The number of nitrogens with zero attached hydrogens (tertiary/aromatic N) is 2. The number of rotatable bonds is 5. The quantitative estimate of drug-likeness (QED) is 0.781. The van der Waals surface area contributed by atoms with Gasteiger partial charge in [0.1, 0.15) is 12.3 Å². The number of alkyl halides is 3. The number of aryl methyl sites for hydroxylation is 1. The molecule has 0 aliphatic rings. The average Bonchev–Trinajstić information content (AvgIpc) is 2.35. The third kappa shape index (κ3) is 5.18. The molecular weight excluding hydrogens is 273 g/mol. The van der Waals surface area contributed by atoms with Gasteiger partial charge in [-0.3, -0.25) is 4.79 Å². The van der Waals surface area contributed by atoms with Crippen LogP contribution in [0.3, 0.4) is 0 Å². The van der Waals surface area contributed by atoms with Crippen LogP contribution >= 0.6 is 0 Å². The fraction of sp³-hybridized carbons (Fsp3) is 0.385. The second-order valence-corrected chi connectivity index (χ2v) is 4.06. The highest BCUT2D eigenvalue weighted by atomic mass is 19.4. The normalized spacial score (nSPS) is 10.8. The minimum absolute atomic E-state index is 0.0103. The number of carbonyl (C=O) groups excluding carboxylic acids is 1. The zero-order valence-corrected chi connectivity index (χ0v) is 10.8. The molecule has 0 fully saturated rings. The van der Waals surface area contributed by atoms with E-state index < -0.39 is 6.36 Å².